The first kappa shape index (κ1) is 14.8. The lowest BCUT2D eigenvalue weighted by atomic mass is 9.96. The molecule has 1 aliphatic heterocycles. The van der Waals surface area contributed by atoms with E-state index in [1.165, 1.54) is 12.3 Å². The van der Waals surface area contributed by atoms with E-state index >= 15 is 0 Å². The third-order valence-corrected chi connectivity index (χ3v) is 3.90. The molecule has 1 fully saturated rings. The fourth-order valence-corrected chi connectivity index (χ4v) is 2.81. The Labute approximate surface area is 129 Å². The van der Waals surface area contributed by atoms with Crippen LogP contribution in [-0.4, -0.2) is 25.2 Å². The highest BCUT2D eigenvalue weighted by molar-refractivity contribution is 5.40. The minimum atomic E-state index is -0.350. The Morgan fingerprint density at radius 1 is 1.27 bits per heavy atom. The number of nitrogens with one attached hydrogen (secondary N) is 1. The van der Waals surface area contributed by atoms with Crippen LogP contribution < -0.4 is 14.8 Å². The Morgan fingerprint density at radius 3 is 2.77 bits per heavy atom. The normalized spacial score (nSPS) is 18.9. The average molecular weight is 302 g/mol. The van der Waals surface area contributed by atoms with E-state index in [1.54, 1.807) is 13.3 Å². The SMILES string of the molecule is COc1ccccc1OC(c1cncc(F)c1)C1CCNC1. The highest BCUT2D eigenvalue weighted by Crippen LogP contribution is 2.36. The summed E-state index contributed by atoms with van der Waals surface area (Å²) in [5, 5.41) is 3.33. The molecular weight excluding hydrogens is 283 g/mol. The zero-order valence-electron chi connectivity index (χ0n) is 12.5. The molecule has 0 saturated carbocycles. The molecule has 5 heteroatoms. The Morgan fingerprint density at radius 2 is 2.09 bits per heavy atom. The lowest BCUT2D eigenvalue weighted by Gasteiger charge is -2.25. The number of ether oxygens (including phenoxy) is 2. The summed E-state index contributed by atoms with van der Waals surface area (Å²) in [7, 11) is 1.61. The van der Waals surface area contributed by atoms with Crippen LogP contribution in [0.15, 0.2) is 42.7 Å². The van der Waals surface area contributed by atoms with Crippen LogP contribution in [0.5, 0.6) is 11.5 Å². The minimum absolute atomic E-state index is 0.255. The summed E-state index contributed by atoms with van der Waals surface area (Å²) in [6.07, 6.45) is 3.60. The molecule has 0 radical (unpaired) electrons. The van der Waals surface area contributed by atoms with E-state index in [0.717, 1.165) is 25.1 Å². The van der Waals surface area contributed by atoms with Crippen molar-refractivity contribution < 1.29 is 13.9 Å². The van der Waals surface area contributed by atoms with Gasteiger partial charge in [-0.2, -0.15) is 0 Å². The van der Waals surface area contributed by atoms with Crippen molar-refractivity contribution in [3.63, 3.8) is 0 Å². The summed E-state index contributed by atoms with van der Waals surface area (Å²) in [6, 6.07) is 8.99. The molecule has 1 aromatic heterocycles. The van der Waals surface area contributed by atoms with Crippen LogP contribution in [0.1, 0.15) is 18.1 Å². The average Bonchev–Trinajstić information content (AvgIpc) is 3.07. The zero-order valence-corrected chi connectivity index (χ0v) is 12.5. The molecule has 2 heterocycles. The fraction of sp³-hybridized carbons (Fsp3) is 0.353. The van der Waals surface area contributed by atoms with Crippen molar-refractivity contribution in [1.29, 1.82) is 0 Å². The van der Waals surface area contributed by atoms with Gasteiger partial charge in [-0.1, -0.05) is 12.1 Å². The van der Waals surface area contributed by atoms with Gasteiger partial charge in [-0.15, -0.1) is 0 Å². The molecule has 2 aromatic rings. The van der Waals surface area contributed by atoms with E-state index in [1.807, 2.05) is 24.3 Å². The monoisotopic (exact) mass is 302 g/mol. The highest BCUT2D eigenvalue weighted by atomic mass is 19.1. The molecule has 2 atom stereocenters. The van der Waals surface area contributed by atoms with Crippen molar-refractivity contribution >= 4 is 0 Å². The van der Waals surface area contributed by atoms with Gasteiger partial charge in [0.2, 0.25) is 0 Å². The van der Waals surface area contributed by atoms with Gasteiger partial charge in [0.1, 0.15) is 11.9 Å². The van der Waals surface area contributed by atoms with Crippen molar-refractivity contribution in [2.75, 3.05) is 20.2 Å². The number of pyridine rings is 1. The molecule has 0 bridgehead atoms. The molecule has 0 amide bonds. The summed E-state index contributed by atoms with van der Waals surface area (Å²) >= 11 is 0. The highest BCUT2D eigenvalue weighted by Gasteiger charge is 2.29. The maximum atomic E-state index is 13.5. The first-order valence-corrected chi connectivity index (χ1v) is 7.39. The van der Waals surface area contributed by atoms with Gasteiger partial charge in [0.05, 0.1) is 13.3 Å². The second kappa shape index (κ2) is 6.75. The predicted octanol–water partition coefficient (Wildman–Crippen LogP) is 2.96. The number of halogens is 1. The minimum Gasteiger partial charge on any atom is -0.493 e. The van der Waals surface area contributed by atoms with Crippen LogP contribution >= 0.6 is 0 Å². The van der Waals surface area contributed by atoms with Gasteiger partial charge in [0, 0.05) is 24.2 Å². The third-order valence-electron chi connectivity index (χ3n) is 3.90. The maximum Gasteiger partial charge on any atom is 0.162 e. The van der Waals surface area contributed by atoms with Gasteiger partial charge in [-0.3, -0.25) is 4.98 Å². The number of methoxy groups -OCH3 is 1. The van der Waals surface area contributed by atoms with Crippen LogP contribution in [0.25, 0.3) is 0 Å². The molecule has 1 saturated heterocycles. The van der Waals surface area contributed by atoms with Gasteiger partial charge in [-0.05, 0) is 31.2 Å². The molecule has 4 nitrogen and oxygen atoms in total. The Bertz CT molecular complexity index is 630. The van der Waals surface area contributed by atoms with Crippen molar-refractivity contribution in [1.82, 2.24) is 10.3 Å². The van der Waals surface area contributed by atoms with E-state index in [0.29, 0.717) is 11.5 Å². The summed E-state index contributed by atoms with van der Waals surface area (Å²) < 4.78 is 25.1. The number of rotatable bonds is 5. The van der Waals surface area contributed by atoms with Gasteiger partial charge in [0.15, 0.2) is 11.5 Å². The molecule has 2 unspecified atom stereocenters. The number of para-hydroxylation sites is 2. The van der Waals surface area contributed by atoms with Crippen molar-refractivity contribution in [3.8, 4) is 11.5 Å². The summed E-state index contributed by atoms with van der Waals surface area (Å²) in [6.45, 7) is 1.79. The van der Waals surface area contributed by atoms with E-state index in [9.17, 15) is 4.39 Å². The van der Waals surface area contributed by atoms with Gasteiger partial charge in [0.25, 0.3) is 0 Å². The van der Waals surface area contributed by atoms with Crippen LogP contribution in [0.2, 0.25) is 0 Å². The number of benzene rings is 1. The summed E-state index contributed by atoms with van der Waals surface area (Å²) in [5.74, 6) is 1.25. The largest absolute Gasteiger partial charge is 0.493 e. The van der Waals surface area contributed by atoms with Crippen molar-refractivity contribution in [2.45, 2.75) is 12.5 Å². The smallest absolute Gasteiger partial charge is 0.162 e. The molecule has 1 aromatic carbocycles. The molecular formula is C17H19FN2O2. The van der Waals surface area contributed by atoms with E-state index in [4.69, 9.17) is 9.47 Å². The second-order valence-corrected chi connectivity index (χ2v) is 5.38. The van der Waals surface area contributed by atoms with Crippen molar-refractivity contribution in [3.05, 3.63) is 54.1 Å². The molecule has 22 heavy (non-hydrogen) atoms. The third kappa shape index (κ3) is 3.20. The number of aromatic nitrogens is 1. The molecule has 116 valence electrons. The number of nitrogens with zero attached hydrogens (tertiary/aromatic N) is 1. The van der Waals surface area contributed by atoms with E-state index in [-0.39, 0.29) is 17.8 Å². The Kier molecular flexibility index (Phi) is 4.53. The topological polar surface area (TPSA) is 43.4 Å². The van der Waals surface area contributed by atoms with Crippen molar-refractivity contribution in [2.24, 2.45) is 5.92 Å². The number of hydrogen-bond donors (Lipinski definition) is 1. The quantitative estimate of drug-likeness (QED) is 0.922. The van der Waals surface area contributed by atoms with Gasteiger partial charge in [-0.25, -0.2) is 4.39 Å². The van der Waals surface area contributed by atoms with Gasteiger partial charge >= 0.3 is 0 Å². The maximum absolute atomic E-state index is 13.5. The predicted molar refractivity (Wildman–Crippen MR) is 81.5 cm³/mol. The van der Waals surface area contributed by atoms with Crippen LogP contribution in [-0.2, 0) is 0 Å². The Hall–Kier alpha value is -2.14. The Balaban J connectivity index is 1.91. The van der Waals surface area contributed by atoms with E-state index in [2.05, 4.69) is 10.3 Å². The molecule has 0 spiro atoms. The summed E-state index contributed by atoms with van der Waals surface area (Å²) in [5.41, 5.74) is 0.750. The second-order valence-electron chi connectivity index (χ2n) is 5.38. The van der Waals surface area contributed by atoms with E-state index < -0.39 is 0 Å². The molecule has 3 rings (SSSR count). The molecule has 1 N–H and O–H groups in total. The molecule has 1 aliphatic rings. The number of hydrogen-bond acceptors (Lipinski definition) is 4. The standard InChI is InChI=1S/C17H19FN2O2/c1-21-15-4-2-3-5-16(15)22-17(12-6-7-19-9-12)13-8-14(18)11-20-10-13/h2-5,8,10-12,17,19H,6-7,9H2,1H3. The zero-order chi connectivity index (χ0) is 15.4. The van der Waals surface area contributed by atoms with Crippen LogP contribution in [0.4, 0.5) is 4.39 Å². The first-order chi connectivity index (χ1) is 10.8. The fourth-order valence-electron chi connectivity index (χ4n) is 2.81. The lowest BCUT2D eigenvalue weighted by Crippen LogP contribution is -2.22. The van der Waals surface area contributed by atoms with Crippen LogP contribution in [0, 0.1) is 11.7 Å². The van der Waals surface area contributed by atoms with Crippen LogP contribution in [0.3, 0.4) is 0 Å². The van der Waals surface area contributed by atoms with Gasteiger partial charge < -0.3 is 14.8 Å². The molecule has 0 aliphatic carbocycles. The lowest BCUT2D eigenvalue weighted by molar-refractivity contribution is 0.138. The first-order valence-electron chi connectivity index (χ1n) is 7.39. The summed E-state index contributed by atoms with van der Waals surface area (Å²) in [4.78, 5) is 3.95.